The van der Waals surface area contributed by atoms with E-state index in [-0.39, 0.29) is 0 Å². The number of imidazole rings is 1. The van der Waals surface area contributed by atoms with E-state index in [1.165, 1.54) is 10.9 Å². The lowest BCUT2D eigenvalue weighted by atomic mass is 10.1. The first-order chi connectivity index (χ1) is 9.88. The molecule has 4 rings (SSSR count). The van der Waals surface area contributed by atoms with Gasteiger partial charge in [0.05, 0.1) is 12.7 Å². The summed E-state index contributed by atoms with van der Waals surface area (Å²) in [6.45, 7) is 0.683. The molecule has 0 unspecified atom stereocenters. The Kier molecular flexibility index (Phi) is 2.38. The SMILES string of the molecule is c1c[nH]c(-c2cn(Cc3ccc4cc[nH]c4c3)nn2)n1. The smallest absolute Gasteiger partial charge is 0.159 e. The highest BCUT2D eigenvalue weighted by Crippen LogP contribution is 2.15. The van der Waals surface area contributed by atoms with E-state index < -0.39 is 0 Å². The first-order valence-corrected chi connectivity index (χ1v) is 6.34. The highest BCUT2D eigenvalue weighted by Gasteiger charge is 2.06. The van der Waals surface area contributed by atoms with Gasteiger partial charge in [0.15, 0.2) is 5.82 Å². The number of H-pyrrole nitrogens is 2. The molecule has 0 aliphatic carbocycles. The second-order valence-corrected chi connectivity index (χ2v) is 4.64. The predicted molar refractivity (Wildman–Crippen MR) is 75.0 cm³/mol. The van der Waals surface area contributed by atoms with Crippen LogP contribution >= 0.6 is 0 Å². The van der Waals surface area contributed by atoms with Crippen molar-refractivity contribution in [1.29, 1.82) is 0 Å². The van der Waals surface area contributed by atoms with Gasteiger partial charge in [-0.1, -0.05) is 17.3 Å². The molecular weight excluding hydrogens is 252 g/mol. The Balaban J connectivity index is 1.62. The highest BCUT2D eigenvalue weighted by molar-refractivity contribution is 5.79. The number of benzene rings is 1. The molecule has 20 heavy (non-hydrogen) atoms. The Labute approximate surface area is 114 Å². The van der Waals surface area contributed by atoms with Crippen molar-refractivity contribution in [2.75, 3.05) is 0 Å². The quantitative estimate of drug-likeness (QED) is 0.595. The van der Waals surface area contributed by atoms with Gasteiger partial charge in [-0.25, -0.2) is 9.67 Å². The molecule has 6 heteroatoms. The van der Waals surface area contributed by atoms with E-state index in [0.717, 1.165) is 17.0 Å². The maximum Gasteiger partial charge on any atom is 0.159 e. The largest absolute Gasteiger partial charge is 0.361 e. The zero-order valence-electron chi connectivity index (χ0n) is 10.6. The number of hydrogen-bond donors (Lipinski definition) is 2. The number of rotatable bonds is 3. The van der Waals surface area contributed by atoms with Crippen LogP contribution in [-0.2, 0) is 6.54 Å². The summed E-state index contributed by atoms with van der Waals surface area (Å²) in [5.41, 5.74) is 3.06. The maximum atomic E-state index is 4.16. The topological polar surface area (TPSA) is 75.2 Å². The van der Waals surface area contributed by atoms with E-state index in [1.54, 1.807) is 12.4 Å². The Morgan fingerprint density at radius 2 is 2.10 bits per heavy atom. The lowest BCUT2D eigenvalue weighted by Crippen LogP contribution is -2.00. The fourth-order valence-corrected chi connectivity index (χ4v) is 2.27. The molecule has 0 atom stereocenters. The van der Waals surface area contributed by atoms with E-state index in [4.69, 9.17) is 0 Å². The number of nitrogens with one attached hydrogen (secondary N) is 2. The summed E-state index contributed by atoms with van der Waals surface area (Å²) < 4.78 is 1.81. The standard InChI is InChI=1S/C14H12N6/c1-2-11-3-4-15-12(11)7-10(1)8-20-9-13(18-19-20)14-16-5-6-17-14/h1-7,9,15H,8H2,(H,16,17). The van der Waals surface area contributed by atoms with Crippen LogP contribution in [-0.4, -0.2) is 29.9 Å². The van der Waals surface area contributed by atoms with Crippen LogP contribution in [0.4, 0.5) is 0 Å². The molecule has 0 amide bonds. The maximum absolute atomic E-state index is 4.16. The van der Waals surface area contributed by atoms with Gasteiger partial charge in [0.2, 0.25) is 0 Å². The number of hydrogen-bond acceptors (Lipinski definition) is 3. The fourth-order valence-electron chi connectivity index (χ4n) is 2.27. The average Bonchev–Trinajstić information content (AvgIpc) is 3.19. The Bertz CT molecular complexity index is 839. The zero-order valence-corrected chi connectivity index (χ0v) is 10.6. The van der Waals surface area contributed by atoms with Gasteiger partial charge in [0.1, 0.15) is 5.69 Å². The van der Waals surface area contributed by atoms with Crippen molar-refractivity contribution >= 4 is 10.9 Å². The molecule has 0 fully saturated rings. The molecular formula is C14H12N6. The second kappa shape index (κ2) is 4.34. The number of fused-ring (bicyclic) bond motifs is 1. The molecule has 0 aliphatic heterocycles. The van der Waals surface area contributed by atoms with Crippen LogP contribution in [0, 0.1) is 0 Å². The van der Waals surface area contributed by atoms with Crippen LogP contribution in [0.3, 0.4) is 0 Å². The number of aromatic amines is 2. The van der Waals surface area contributed by atoms with Crippen LogP contribution in [0.15, 0.2) is 49.1 Å². The highest BCUT2D eigenvalue weighted by atomic mass is 15.4. The Morgan fingerprint density at radius 3 is 3.00 bits per heavy atom. The first kappa shape index (κ1) is 11.0. The lowest BCUT2D eigenvalue weighted by molar-refractivity contribution is 0.650. The van der Waals surface area contributed by atoms with Crippen molar-refractivity contribution in [3.63, 3.8) is 0 Å². The Hall–Kier alpha value is -2.89. The molecule has 0 saturated carbocycles. The summed E-state index contributed by atoms with van der Waals surface area (Å²) in [7, 11) is 0. The average molecular weight is 264 g/mol. The minimum Gasteiger partial charge on any atom is -0.361 e. The normalized spacial score (nSPS) is 11.2. The molecule has 2 N–H and O–H groups in total. The van der Waals surface area contributed by atoms with E-state index in [1.807, 2.05) is 17.1 Å². The molecule has 98 valence electrons. The minimum absolute atomic E-state index is 0.683. The molecule has 0 saturated heterocycles. The molecule has 0 aliphatic rings. The van der Waals surface area contributed by atoms with E-state index in [2.05, 4.69) is 49.5 Å². The van der Waals surface area contributed by atoms with Crippen LogP contribution in [0.25, 0.3) is 22.4 Å². The third-order valence-electron chi connectivity index (χ3n) is 3.24. The molecule has 4 aromatic rings. The zero-order chi connectivity index (χ0) is 13.4. The Morgan fingerprint density at radius 1 is 1.10 bits per heavy atom. The van der Waals surface area contributed by atoms with Gasteiger partial charge in [-0.2, -0.15) is 0 Å². The monoisotopic (exact) mass is 264 g/mol. The van der Waals surface area contributed by atoms with Gasteiger partial charge in [-0.15, -0.1) is 5.10 Å². The van der Waals surface area contributed by atoms with Crippen molar-refractivity contribution in [2.45, 2.75) is 6.54 Å². The summed E-state index contributed by atoms with van der Waals surface area (Å²) in [5.74, 6) is 0.732. The third-order valence-corrected chi connectivity index (χ3v) is 3.24. The van der Waals surface area contributed by atoms with E-state index in [0.29, 0.717) is 6.54 Å². The van der Waals surface area contributed by atoms with E-state index in [9.17, 15) is 0 Å². The lowest BCUT2D eigenvalue weighted by Gasteiger charge is -2.01. The molecule has 0 radical (unpaired) electrons. The summed E-state index contributed by atoms with van der Waals surface area (Å²) >= 11 is 0. The van der Waals surface area contributed by atoms with Crippen molar-refractivity contribution in [2.24, 2.45) is 0 Å². The molecule has 0 bridgehead atoms. The third kappa shape index (κ3) is 1.87. The van der Waals surface area contributed by atoms with Crippen LogP contribution < -0.4 is 0 Å². The summed E-state index contributed by atoms with van der Waals surface area (Å²) in [5, 5.41) is 9.46. The van der Waals surface area contributed by atoms with Gasteiger partial charge in [-0.3, -0.25) is 0 Å². The summed E-state index contributed by atoms with van der Waals surface area (Å²) in [6.07, 6.45) is 7.30. The molecule has 0 spiro atoms. The van der Waals surface area contributed by atoms with Crippen molar-refractivity contribution in [3.8, 4) is 11.5 Å². The van der Waals surface area contributed by atoms with Gasteiger partial charge in [0, 0.05) is 24.1 Å². The van der Waals surface area contributed by atoms with Crippen molar-refractivity contribution in [1.82, 2.24) is 29.9 Å². The van der Waals surface area contributed by atoms with Crippen LogP contribution in [0.2, 0.25) is 0 Å². The predicted octanol–water partition coefficient (Wildman–Crippen LogP) is 2.20. The van der Waals surface area contributed by atoms with Crippen LogP contribution in [0.1, 0.15) is 5.56 Å². The summed E-state index contributed by atoms with van der Waals surface area (Å²) in [4.78, 5) is 10.4. The van der Waals surface area contributed by atoms with Crippen LogP contribution in [0.5, 0.6) is 0 Å². The van der Waals surface area contributed by atoms with Gasteiger partial charge >= 0.3 is 0 Å². The van der Waals surface area contributed by atoms with Gasteiger partial charge in [0.25, 0.3) is 0 Å². The fraction of sp³-hybridized carbons (Fsp3) is 0.0714. The summed E-state index contributed by atoms with van der Waals surface area (Å²) in [6, 6.07) is 8.39. The molecule has 3 heterocycles. The number of aromatic nitrogens is 6. The number of nitrogens with zero attached hydrogens (tertiary/aromatic N) is 4. The first-order valence-electron chi connectivity index (χ1n) is 6.34. The molecule has 6 nitrogen and oxygen atoms in total. The van der Waals surface area contributed by atoms with Gasteiger partial charge < -0.3 is 9.97 Å². The van der Waals surface area contributed by atoms with E-state index >= 15 is 0 Å². The molecule has 1 aromatic carbocycles. The van der Waals surface area contributed by atoms with Crippen molar-refractivity contribution in [3.05, 3.63) is 54.6 Å². The second-order valence-electron chi connectivity index (χ2n) is 4.64. The molecule has 3 aromatic heterocycles. The minimum atomic E-state index is 0.683. The van der Waals surface area contributed by atoms with Gasteiger partial charge in [-0.05, 0) is 23.1 Å². The van der Waals surface area contributed by atoms with Crippen molar-refractivity contribution < 1.29 is 0 Å².